The zero-order chi connectivity index (χ0) is 15.0. The van der Waals surface area contributed by atoms with Crippen molar-refractivity contribution in [2.45, 2.75) is 46.1 Å². The average Bonchev–Trinajstić information content (AvgIpc) is 2.38. The Labute approximate surface area is 123 Å². The number of nitrogens with one attached hydrogen (secondary N) is 2. The monoisotopic (exact) mass is 285 g/mol. The first kappa shape index (κ1) is 17.2. The molecule has 1 aliphatic heterocycles. The van der Waals surface area contributed by atoms with Crippen LogP contribution in [0.5, 0.6) is 0 Å². The smallest absolute Gasteiger partial charge is 0.410 e. The van der Waals surface area contributed by atoms with E-state index in [-0.39, 0.29) is 6.09 Å². The fraction of sp³-hybridized carbons (Fsp3) is 0.933. The van der Waals surface area contributed by atoms with Crippen LogP contribution < -0.4 is 10.6 Å². The highest BCUT2D eigenvalue weighted by Gasteiger charge is 2.20. The zero-order valence-electron chi connectivity index (χ0n) is 13.5. The number of nitrogens with zero attached hydrogens (tertiary/aromatic N) is 1. The predicted molar refractivity (Wildman–Crippen MR) is 81.9 cm³/mol. The lowest BCUT2D eigenvalue weighted by Gasteiger charge is -2.27. The molecule has 1 rings (SSSR count). The summed E-state index contributed by atoms with van der Waals surface area (Å²) in [5.74, 6) is 0.771. The van der Waals surface area contributed by atoms with Crippen LogP contribution in [0.2, 0.25) is 0 Å². The predicted octanol–water partition coefficient (Wildman–Crippen LogP) is 1.83. The Morgan fingerprint density at radius 1 is 1.35 bits per heavy atom. The minimum atomic E-state index is -0.424. The molecule has 0 saturated carbocycles. The van der Waals surface area contributed by atoms with E-state index in [0.717, 1.165) is 32.1 Å². The topological polar surface area (TPSA) is 53.6 Å². The third-order valence-corrected chi connectivity index (χ3v) is 3.48. The maximum atomic E-state index is 12.0. The molecule has 0 aromatic carbocycles. The number of carbonyl (C=O) groups is 1. The van der Waals surface area contributed by atoms with E-state index in [0.29, 0.717) is 13.1 Å². The van der Waals surface area contributed by atoms with Gasteiger partial charge in [0.1, 0.15) is 5.60 Å². The summed E-state index contributed by atoms with van der Waals surface area (Å²) in [6, 6.07) is 0. The van der Waals surface area contributed by atoms with Gasteiger partial charge in [0.15, 0.2) is 0 Å². The normalized spacial score (nSPS) is 17.0. The molecule has 2 N–H and O–H groups in total. The van der Waals surface area contributed by atoms with Crippen molar-refractivity contribution in [3.63, 3.8) is 0 Å². The molecule has 0 aliphatic carbocycles. The van der Waals surface area contributed by atoms with E-state index in [1.165, 1.54) is 12.8 Å². The molecule has 1 saturated heterocycles. The Hall–Kier alpha value is -0.810. The molecule has 0 bridgehead atoms. The van der Waals surface area contributed by atoms with Gasteiger partial charge in [0.25, 0.3) is 0 Å². The van der Waals surface area contributed by atoms with Gasteiger partial charge in [-0.3, -0.25) is 0 Å². The van der Waals surface area contributed by atoms with Gasteiger partial charge < -0.3 is 20.3 Å². The van der Waals surface area contributed by atoms with Crippen LogP contribution >= 0.6 is 0 Å². The Kier molecular flexibility index (Phi) is 7.30. The molecule has 5 nitrogen and oxygen atoms in total. The molecule has 0 aromatic heterocycles. The number of carbonyl (C=O) groups excluding carboxylic acids is 1. The summed E-state index contributed by atoms with van der Waals surface area (Å²) >= 11 is 0. The third kappa shape index (κ3) is 7.10. The lowest BCUT2D eigenvalue weighted by Crippen LogP contribution is -2.41. The van der Waals surface area contributed by atoms with Gasteiger partial charge in [-0.2, -0.15) is 0 Å². The molecule has 0 atom stereocenters. The second-order valence-corrected chi connectivity index (χ2v) is 6.46. The van der Waals surface area contributed by atoms with Gasteiger partial charge in [0, 0.05) is 19.6 Å². The van der Waals surface area contributed by atoms with E-state index < -0.39 is 5.60 Å². The summed E-state index contributed by atoms with van der Waals surface area (Å²) in [5.41, 5.74) is -0.424. The summed E-state index contributed by atoms with van der Waals surface area (Å²) in [4.78, 5) is 13.7. The standard InChI is InChI=1S/C15H31N3O2/c1-5-18(14(19)20-15(2,3)4)11-10-17-12-13-6-8-16-9-7-13/h13,16-17H,5-12H2,1-4H3. The molecule has 0 aromatic rings. The molecule has 1 heterocycles. The van der Waals surface area contributed by atoms with Crippen LogP contribution in [0.15, 0.2) is 0 Å². The Bertz CT molecular complexity index is 283. The Morgan fingerprint density at radius 2 is 2.00 bits per heavy atom. The van der Waals surface area contributed by atoms with E-state index >= 15 is 0 Å². The van der Waals surface area contributed by atoms with Crippen LogP contribution in [0.1, 0.15) is 40.5 Å². The SMILES string of the molecule is CCN(CCNCC1CCNCC1)C(=O)OC(C)(C)C. The number of amides is 1. The molecule has 0 spiro atoms. The molecule has 118 valence electrons. The van der Waals surface area contributed by atoms with E-state index in [2.05, 4.69) is 10.6 Å². The highest BCUT2D eigenvalue weighted by molar-refractivity contribution is 5.68. The fourth-order valence-corrected chi connectivity index (χ4v) is 2.31. The molecule has 5 heteroatoms. The third-order valence-electron chi connectivity index (χ3n) is 3.48. The van der Waals surface area contributed by atoms with Crippen molar-refractivity contribution in [1.82, 2.24) is 15.5 Å². The van der Waals surface area contributed by atoms with Gasteiger partial charge in [0.2, 0.25) is 0 Å². The van der Waals surface area contributed by atoms with E-state index in [4.69, 9.17) is 4.74 Å². The summed E-state index contributed by atoms with van der Waals surface area (Å²) in [6.45, 7) is 13.2. The summed E-state index contributed by atoms with van der Waals surface area (Å²) in [6.07, 6.45) is 2.27. The van der Waals surface area contributed by atoms with Gasteiger partial charge in [0.05, 0.1) is 0 Å². The number of piperidine rings is 1. The van der Waals surface area contributed by atoms with Gasteiger partial charge in [-0.1, -0.05) is 0 Å². The first-order chi connectivity index (χ1) is 9.42. The molecule has 0 unspecified atom stereocenters. The first-order valence-electron chi connectivity index (χ1n) is 7.81. The largest absolute Gasteiger partial charge is 0.444 e. The van der Waals surface area contributed by atoms with E-state index in [1.54, 1.807) is 4.90 Å². The second-order valence-electron chi connectivity index (χ2n) is 6.46. The van der Waals surface area contributed by atoms with E-state index in [9.17, 15) is 4.79 Å². The van der Waals surface area contributed by atoms with Crippen molar-refractivity contribution in [2.75, 3.05) is 39.3 Å². The maximum Gasteiger partial charge on any atom is 0.410 e. The lowest BCUT2D eigenvalue weighted by molar-refractivity contribution is 0.0262. The molecule has 1 amide bonds. The number of ether oxygens (including phenoxy) is 1. The van der Waals surface area contributed by atoms with Crippen LogP contribution in [0, 0.1) is 5.92 Å². The molecule has 20 heavy (non-hydrogen) atoms. The van der Waals surface area contributed by atoms with Crippen molar-refractivity contribution >= 4 is 6.09 Å². The van der Waals surface area contributed by atoms with Crippen LogP contribution in [-0.4, -0.2) is 55.9 Å². The number of likely N-dealkylation sites (N-methyl/N-ethyl adjacent to an activating group) is 1. The van der Waals surface area contributed by atoms with Gasteiger partial charge in [-0.05, 0) is 66.1 Å². The molecule has 1 aliphatic rings. The van der Waals surface area contributed by atoms with Gasteiger partial charge in [-0.25, -0.2) is 4.79 Å². The van der Waals surface area contributed by atoms with Crippen molar-refractivity contribution in [3.05, 3.63) is 0 Å². The number of hydrogen-bond donors (Lipinski definition) is 2. The molecule has 0 radical (unpaired) electrons. The average molecular weight is 285 g/mol. The molecular weight excluding hydrogens is 254 g/mol. The van der Waals surface area contributed by atoms with Crippen LogP contribution in [0.4, 0.5) is 4.79 Å². The van der Waals surface area contributed by atoms with Crippen LogP contribution in [0.3, 0.4) is 0 Å². The second kappa shape index (κ2) is 8.47. The van der Waals surface area contributed by atoms with Crippen molar-refractivity contribution < 1.29 is 9.53 Å². The van der Waals surface area contributed by atoms with Crippen LogP contribution in [0.25, 0.3) is 0 Å². The minimum Gasteiger partial charge on any atom is -0.444 e. The summed E-state index contributed by atoms with van der Waals surface area (Å²) < 4.78 is 5.39. The zero-order valence-corrected chi connectivity index (χ0v) is 13.5. The number of hydrogen-bond acceptors (Lipinski definition) is 4. The maximum absolute atomic E-state index is 12.0. The highest BCUT2D eigenvalue weighted by atomic mass is 16.6. The minimum absolute atomic E-state index is 0.219. The number of rotatable bonds is 6. The molecule has 1 fully saturated rings. The van der Waals surface area contributed by atoms with Gasteiger partial charge in [-0.15, -0.1) is 0 Å². The summed E-state index contributed by atoms with van der Waals surface area (Å²) in [5, 5.41) is 6.83. The first-order valence-corrected chi connectivity index (χ1v) is 7.81. The van der Waals surface area contributed by atoms with Crippen molar-refractivity contribution in [2.24, 2.45) is 5.92 Å². The van der Waals surface area contributed by atoms with Gasteiger partial charge >= 0.3 is 6.09 Å². The van der Waals surface area contributed by atoms with E-state index in [1.807, 2.05) is 27.7 Å². The van der Waals surface area contributed by atoms with Crippen molar-refractivity contribution in [3.8, 4) is 0 Å². The van der Waals surface area contributed by atoms with Crippen molar-refractivity contribution in [1.29, 1.82) is 0 Å². The summed E-state index contributed by atoms with van der Waals surface area (Å²) in [7, 11) is 0. The Morgan fingerprint density at radius 3 is 2.55 bits per heavy atom. The lowest BCUT2D eigenvalue weighted by atomic mass is 9.98. The Balaban J connectivity index is 2.18. The van der Waals surface area contributed by atoms with Crippen LogP contribution in [-0.2, 0) is 4.74 Å². The molecular formula is C15H31N3O2. The quantitative estimate of drug-likeness (QED) is 0.731. The fourth-order valence-electron chi connectivity index (χ4n) is 2.31. The highest BCUT2D eigenvalue weighted by Crippen LogP contribution is 2.10.